The minimum atomic E-state index is -1.14. The van der Waals surface area contributed by atoms with Gasteiger partial charge in [0.25, 0.3) is 17.7 Å². The molecule has 1 aliphatic carbocycles. The molecule has 2 N–H and O–H groups in total. The highest BCUT2D eigenvalue weighted by atomic mass is 16.4. The molecule has 2 aliphatic rings. The number of nitrogens with zero attached hydrogens (tertiary/aromatic N) is 1. The molecular formula is C21H24N2O5. The van der Waals surface area contributed by atoms with Gasteiger partial charge in [-0.05, 0) is 44.4 Å². The van der Waals surface area contributed by atoms with Crippen molar-refractivity contribution >= 4 is 23.7 Å². The molecule has 0 aromatic heterocycles. The highest BCUT2D eigenvalue weighted by Gasteiger charge is 2.40. The number of imide groups is 1. The molecule has 1 fully saturated rings. The van der Waals surface area contributed by atoms with E-state index in [2.05, 4.69) is 5.32 Å². The third kappa shape index (κ3) is 3.83. The molecule has 148 valence electrons. The molecule has 1 aromatic carbocycles. The van der Waals surface area contributed by atoms with Crippen molar-refractivity contribution in [2.75, 3.05) is 0 Å². The largest absolute Gasteiger partial charge is 0.480 e. The number of carboxylic acids is 1. The Kier molecular flexibility index (Phi) is 5.92. The van der Waals surface area contributed by atoms with Gasteiger partial charge in [-0.25, -0.2) is 4.79 Å². The predicted octanol–water partition coefficient (Wildman–Crippen LogP) is 2.76. The van der Waals surface area contributed by atoms with Gasteiger partial charge in [0.05, 0.1) is 11.1 Å². The van der Waals surface area contributed by atoms with Crippen LogP contribution in [0.15, 0.2) is 30.4 Å². The molecule has 0 spiro atoms. The van der Waals surface area contributed by atoms with Gasteiger partial charge >= 0.3 is 5.97 Å². The minimum Gasteiger partial charge on any atom is -0.480 e. The Bertz CT molecular complexity index is 839. The molecule has 1 aliphatic heterocycles. The van der Waals surface area contributed by atoms with E-state index in [1.807, 2.05) is 0 Å². The first-order valence-corrected chi connectivity index (χ1v) is 9.60. The van der Waals surface area contributed by atoms with E-state index < -0.39 is 17.9 Å². The number of benzene rings is 1. The number of nitrogens with one attached hydrogen (secondary N) is 1. The Morgan fingerprint density at radius 2 is 1.86 bits per heavy atom. The van der Waals surface area contributed by atoms with Crippen molar-refractivity contribution in [1.82, 2.24) is 10.2 Å². The highest BCUT2D eigenvalue weighted by molar-refractivity contribution is 6.22. The summed E-state index contributed by atoms with van der Waals surface area (Å²) in [6.45, 7) is 1.77. The van der Waals surface area contributed by atoms with Crippen LogP contribution >= 0.6 is 0 Å². The molecule has 7 nitrogen and oxygen atoms in total. The quantitative estimate of drug-likeness (QED) is 0.580. The maximum atomic E-state index is 12.8. The number of carbonyl (C=O) groups is 4. The maximum Gasteiger partial charge on any atom is 0.326 e. The Hall–Kier alpha value is -2.96. The molecular weight excluding hydrogens is 360 g/mol. The van der Waals surface area contributed by atoms with Crippen LogP contribution in [0, 0.1) is 0 Å². The fourth-order valence-corrected chi connectivity index (χ4v) is 3.81. The molecule has 1 aromatic rings. The van der Waals surface area contributed by atoms with Crippen LogP contribution in [0.4, 0.5) is 0 Å². The zero-order valence-electron chi connectivity index (χ0n) is 15.8. The number of fused-ring (bicyclic) bond motifs is 1. The summed E-state index contributed by atoms with van der Waals surface area (Å²) >= 11 is 0. The molecule has 0 radical (unpaired) electrons. The molecule has 7 heteroatoms. The van der Waals surface area contributed by atoms with Crippen molar-refractivity contribution in [3.63, 3.8) is 0 Å². The number of hydrogen-bond donors (Lipinski definition) is 2. The summed E-state index contributed by atoms with van der Waals surface area (Å²) in [6, 6.07) is 3.18. The summed E-state index contributed by atoms with van der Waals surface area (Å²) < 4.78 is 0. The summed E-state index contributed by atoms with van der Waals surface area (Å²) in [7, 11) is 0. The third-order valence-electron chi connectivity index (χ3n) is 5.33. The summed E-state index contributed by atoms with van der Waals surface area (Å²) in [5.41, 5.74) is 0.677. The number of carbonyl (C=O) groups excluding carboxylic acids is 3. The van der Waals surface area contributed by atoms with Crippen LogP contribution in [0.5, 0.6) is 0 Å². The van der Waals surface area contributed by atoms with Gasteiger partial charge in [-0.2, -0.15) is 0 Å². The predicted molar refractivity (Wildman–Crippen MR) is 102 cm³/mol. The number of carboxylic acid groups (broad SMARTS) is 1. The van der Waals surface area contributed by atoms with Crippen molar-refractivity contribution in [3.05, 3.63) is 47.0 Å². The van der Waals surface area contributed by atoms with E-state index in [1.165, 1.54) is 23.1 Å². The molecule has 1 saturated carbocycles. The summed E-state index contributed by atoms with van der Waals surface area (Å²) in [5, 5.41) is 11.7. The van der Waals surface area contributed by atoms with Gasteiger partial charge in [-0.3, -0.25) is 19.3 Å². The first-order valence-electron chi connectivity index (χ1n) is 9.60. The average molecular weight is 384 g/mol. The third-order valence-corrected chi connectivity index (χ3v) is 5.33. The molecule has 0 saturated heterocycles. The van der Waals surface area contributed by atoms with Crippen LogP contribution < -0.4 is 5.32 Å². The summed E-state index contributed by atoms with van der Waals surface area (Å²) in [5.74, 6) is -2.40. The molecule has 3 rings (SSSR count). The van der Waals surface area contributed by atoms with Crippen molar-refractivity contribution in [3.8, 4) is 0 Å². The Morgan fingerprint density at radius 1 is 1.18 bits per heavy atom. The first-order chi connectivity index (χ1) is 13.4. The molecule has 0 bridgehead atoms. The van der Waals surface area contributed by atoms with Crippen molar-refractivity contribution in [1.29, 1.82) is 0 Å². The summed E-state index contributed by atoms with van der Waals surface area (Å²) in [6.07, 6.45) is 8.25. The van der Waals surface area contributed by atoms with E-state index in [0.717, 1.165) is 32.1 Å². The standard InChI is InChI=1S/C21H24N2O5/c1-2-3-9-17(21(27)28)22-18(24)13-10-11-15-16(12-13)20(26)23(19(15)25)14-7-5-4-6-8-14/h2-3,10-12,14,17H,4-9H2,1H3,(H,22,24)(H,27,28)/b3-2+. The lowest BCUT2D eigenvalue weighted by molar-refractivity contribution is -0.139. The van der Waals surface area contributed by atoms with E-state index in [4.69, 9.17) is 0 Å². The van der Waals surface area contributed by atoms with Crippen LogP contribution in [0.25, 0.3) is 0 Å². The Balaban J connectivity index is 1.80. The van der Waals surface area contributed by atoms with E-state index in [0.29, 0.717) is 5.56 Å². The number of rotatable bonds is 6. The van der Waals surface area contributed by atoms with E-state index in [1.54, 1.807) is 19.1 Å². The SMILES string of the molecule is C/C=C/CC(NC(=O)c1ccc2c(c1)C(=O)N(C1CCCCC1)C2=O)C(=O)O. The number of allylic oxidation sites excluding steroid dienone is 1. The molecule has 28 heavy (non-hydrogen) atoms. The second kappa shape index (κ2) is 8.37. The smallest absolute Gasteiger partial charge is 0.326 e. The van der Waals surface area contributed by atoms with Gasteiger partial charge in [0.2, 0.25) is 0 Å². The fraction of sp³-hybridized carbons (Fsp3) is 0.429. The first kappa shape index (κ1) is 19.8. The van der Waals surface area contributed by atoms with E-state index in [9.17, 15) is 24.3 Å². The molecule has 3 amide bonds. The van der Waals surface area contributed by atoms with Crippen LogP contribution in [-0.2, 0) is 4.79 Å². The Morgan fingerprint density at radius 3 is 2.50 bits per heavy atom. The van der Waals surface area contributed by atoms with Crippen LogP contribution in [0.3, 0.4) is 0 Å². The van der Waals surface area contributed by atoms with E-state index in [-0.39, 0.29) is 35.4 Å². The number of amides is 3. The Labute approximate surface area is 163 Å². The zero-order chi connectivity index (χ0) is 20.3. The summed E-state index contributed by atoms with van der Waals surface area (Å²) in [4.78, 5) is 50.7. The topological polar surface area (TPSA) is 104 Å². The van der Waals surface area contributed by atoms with Gasteiger partial charge in [-0.1, -0.05) is 31.4 Å². The van der Waals surface area contributed by atoms with Crippen molar-refractivity contribution in [2.45, 2.75) is 57.5 Å². The molecule has 1 unspecified atom stereocenters. The second-order valence-electron chi connectivity index (χ2n) is 7.20. The van der Waals surface area contributed by atoms with Gasteiger partial charge in [0.1, 0.15) is 6.04 Å². The molecule has 1 heterocycles. The minimum absolute atomic E-state index is 0.0874. The van der Waals surface area contributed by atoms with Gasteiger partial charge in [0, 0.05) is 11.6 Å². The van der Waals surface area contributed by atoms with Gasteiger partial charge in [0.15, 0.2) is 0 Å². The lowest BCUT2D eigenvalue weighted by Crippen LogP contribution is -2.41. The van der Waals surface area contributed by atoms with E-state index >= 15 is 0 Å². The highest BCUT2D eigenvalue weighted by Crippen LogP contribution is 2.31. The lowest BCUT2D eigenvalue weighted by atomic mass is 9.94. The van der Waals surface area contributed by atoms with Crippen molar-refractivity contribution in [2.24, 2.45) is 0 Å². The number of hydrogen-bond acceptors (Lipinski definition) is 4. The molecule has 1 atom stereocenters. The number of aliphatic carboxylic acids is 1. The zero-order valence-corrected chi connectivity index (χ0v) is 15.8. The average Bonchev–Trinajstić information content (AvgIpc) is 2.95. The monoisotopic (exact) mass is 384 g/mol. The van der Waals surface area contributed by atoms with Gasteiger partial charge in [-0.15, -0.1) is 0 Å². The second-order valence-corrected chi connectivity index (χ2v) is 7.20. The lowest BCUT2D eigenvalue weighted by Gasteiger charge is -2.29. The van der Waals surface area contributed by atoms with Crippen LogP contribution in [0.2, 0.25) is 0 Å². The maximum absolute atomic E-state index is 12.8. The normalized spacial score (nSPS) is 18.4. The fourth-order valence-electron chi connectivity index (χ4n) is 3.81. The van der Waals surface area contributed by atoms with Crippen molar-refractivity contribution < 1.29 is 24.3 Å². The van der Waals surface area contributed by atoms with Gasteiger partial charge < -0.3 is 10.4 Å². The van der Waals surface area contributed by atoms with Crippen LogP contribution in [-0.4, -0.2) is 45.8 Å². The van der Waals surface area contributed by atoms with Crippen LogP contribution in [0.1, 0.15) is 76.5 Å².